The van der Waals surface area contributed by atoms with Crippen LogP contribution in [0, 0.1) is 0 Å². The van der Waals surface area contributed by atoms with E-state index in [-0.39, 0.29) is 17.5 Å². The summed E-state index contributed by atoms with van der Waals surface area (Å²) in [5.74, 6) is 1.20. The van der Waals surface area contributed by atoms with Crippen LogP contribution in [0.4, 0.5) is 0 Å². The van der Waals surface area contributed by atoms with E-state index in [2.05, 4.69) is 21.7 Å². The predicted molar refractivity (Wildman–Crippen MR) is 101 cm³/mol. The minimum Gasteiger partial charge on any atom is -0.454 e. The Morgan fingerprint density at radius 2 is 2.23 bits per heavy atom. The number of aromatic nitrogens is 2. The van der Waals surface area contributed by atoms with Crippen LogP contribution in [-0.2, 0) is 16.4 Å². The van der Waals surface area contributed by atoms with Gasteiger partial charge in [0, 0.05) is 30.1 Å². The number of nitrogens with zero attached hydrogens (tertiary/aromatic N) is 2. The molecule has 1 atom stereocenters. The fourth-order valence-electron chi connectivity index (χ4n) is 3.54. The molecule has 1 fully saturated rings. The van der Waals surface area contributed by atoms with Gasteiger partial charge in [0.1, 0.15) is 11.3 Å². The highest BCUT2D eigenvalue weighted by molar-refractivity contribution is 7.91. The monoisotopic (exact) mass is 371 g/mol. The van der Waals surface area contributed by atoms with Crippen LogP contribution in [0.15, 0.2) is 53.6 Å². The lowest BCUT2D eigenvalue weighted by molar-refractivity contribution is 0.227. The zero-order chi connectivity index (χ0) is 18.1. The number of H-pyrrole nitrogens is 1. The third kappa shape index (κ3) is 3.32. The predicted octanol–water partition coefficient (Wildman–Crippen LogP) is 3.00. The Hall–Kier alpha value is -2.38. The molecule has 0 bridgehead atoms. The average Bonchev–Trinajstić information content (AvgIpc) is 3.31. The Morgan fingerprint density at radius 3 is 2.96 bits per heavy atom. The zero-order valence-electron chi connectivity index (χ0n) is 14.4. The van der Waals surface area contributed by atoms with Crippen LogP contribution >= 0.6 is 0 Å². The smallest absolute Gasteiger partial charge is 0.153 e. The van der Waals surface area contributed by atoms with Gasteiger partial charge >= 0.3 is 0 Å². The summed E-state index contributed by atoms with van der Waals surface area (Å²) in [5.41, 5.74) is 2.64. The Bertz CT molecular complexity index is 1000. The van der Waals surface area contributed by atoms with Crippen molar-refractivity contribution >= 4 is 20.8 Å². The highest BCUT2D eigenvalue weighted by Gasteiger charge is 2.32. The molecule has 136 valence electrons. The Kier molecular flexibility index (Phi) is 4.42. The Balaban J connectivity index is 1.62. The second kappa shape index (κ2) is 6.74. The molecule has 1 N–H and O–H groups in total. The summed E-state index contributed by atoms with van der Waals surface area (Å²) in [7, 11) is -2.94. The maximum atomic E-state index is 11.9. The number of benzene rings is 1. The van der Waals surface area contributed by atoms with E-state index < -0.39 is 9.84 Å². The molecule has 0 aliphatic carbocycles. The Morgan fingerprint density at radius 1 is 1.38 bits per heavy atom. The first kappa shape index (κ1) is 17.1. The highest BCUT2D eigenvalue weighted by Crippen LogP contribution is 2.30. The van der Waals surface area contributed by atoms with Crippen LogP contribution in [-0.4, -0.2) is 47.6 Å². The number of nitrogens with one attached hydrogen (secondary N) is 1. The summed E-state index contributed by atoms with van der Waals surface area (Å²) < 4.78 is 29.7. The van der Waals surface area contributed by atoms with Gasteiger partial charge in [-0.25, -0.2) is 8.42 Å². The summed E-state index contributed by atoms with van der Waals surface area (Å²) in [6.07, 6.45) is 4.25. The molecule has 1 unspecified atom stereocenters. The number of para-hydroxylation sites is 1. The van der Waals surface area contributed by atoms with Crippen molar-refractivity contribution in [2.75, 3.05) is 18.1 Å². The zero-order valence-corrected chi connectivity index (χ0v) is 15.2. The number of sulfone groups is 1. The highest BCUT2D eigenvalue weighted by atomic mass is 32.2. The van der Waals surface area contributed by atoms with Gasteiger partial charge in [0.15, 0.2) is 15.6 Å². The van der Waals surface area contributed by atoms with Gasteiger partial charge in [-0.05, 0) is 18.6 Å². The normalized spacial score (nSPS) is 19.3. The molecule has 1 saturated heterocycles. The van der Waals surface area contributed by atoms with E-state index in [1.165, 1.54) is 0 Å². The lowest BCUT2D eigenvalue weighted by Crippen LogP contribution is -2.35. The van der Waals surface area contributed by atoms with Gasteiger partial charge in [0.25, 0.3) is 0 Å². The van der Waals surface area contributed by atoms with Crippen LogP contribution in [0.1, 0.15) is 12.0 Å². The summed E-state index contributed by atoms with van der Waals surface area (Å²) in [5, 5.41) is 8.24. The van der Waals surface area contributed by atoms with Gasteiger partial charge in [-0.2, -0.15) is 5.10 Å². The minimum atomic E-state index is -2.94. The molecule has 3 heterocycles. The van der Waals surface area contributed by atoms with Gasteiger partial charge in [-0.1, -0.05) is 24.3 Å². The number of furan rings is 1. The number of hydrogen-bond donors (Lipinski definition) is 1. The van der Waals surface area contributed by atoms with Gasteiger partial charge in [0.2, 0.25) is 0 Å². The summed E-state index contributed by atoms with van der Waals surface area (Å²) >= 11 is 0. The molecule has 3 aromatic rings. The minimum absolute atomic E-state index is 0.0106. The molecule has 0 amide bonds. The quantitative estimate of drug-likeness (QED) is 0.674. The molecule has 0 radical (unpaired) electrons. The van der Waals surface area contributed by atoms with E-state index in [4.69, 9.17) is 4.42 Å². The van der Waals surface area contributed by atoms with Crippen molar-refractivity contribution in [3.8, 4) is 11.5 Å². The fraction of sp³-hybridized carbons (Fsp3) is 0.316. The molecule has 26 heavy (non-hydrogen) atoms. The number of fused-ring (bicyclic) bond motifs is 1. The second-order valence-electron chi connectivity index (χ2n) is 6.69. The summed E-state index contributed by atoms with van der Waals surface area (Å²) in [4.78, 5) is 2.15. The van der Waals surface area contributed by atoms with Crippen LogP contribution in [0.5, 0.6) is 0 Å². The maximum absolute atomic E-state index is 11.9. The standard InChI is InChI=1S/C19H21N3O3S/c1-2-8-22(16-7-9-26(23,24)13-16)12-15-11-20-21-19(15)18-10-14-5-3-4-6-17(14)25-18/h2-6,10-11,16H,1,7-9,12-13H2,(H,20,21). The average molecular weight is 371 g/mol. The summed E-state index contributed by atoms with van der Waals surface area (Å²) in [6, 6.07) is 9.85. The largest absolute Gasteiger partial charge is 0.454 e. The molecular formula is C19H21N3O3S. The van der Waals surface area contributed by atoms with Crippen LogP contribution < -0.4 is 0 Å². The number of aromatic amines is 1. The Labute approximate surface area is 152 Å². The number of rotatable bonds is 6. The molecule has 1 aliphatic rings. The van der Waals surface area contributed by atoms with Crippen molar-refractivity contribution in [1.29, 1.82) is 0 Å². The molecule has 1 aromatic carbocycles. The second-order valence-corrected chi connectivity index (χ2v) is 8.92. The molecule has 0 spiro atoms. The topological polar surface area (TPSA) is 79.2 Å². The van der Waals surface area contributed by atoms with E-state index in [1.54, 1.807) is 6.20 Å². The third-order valence-electron chi connectivity index (χ3n) is 4.85. The molecule has 2 aromatic heterocycles. The van der Waals surface area contributed by atoms with Crippen molar-refractivity contribution in [2.45, 2.75) is 19.0 Å². The molecule has 1 aliphatic heterocycles. The molecule has 7 heteroatoms. The lowest BCUT2D eigenvalue weighted by atomic mass is 10.1. The van der Waals surface area contributed by atoms with Gasteiger partial charge < -0.3 is 4.42 Å². The van der Waals surface area contributed by atoms with Crippen LogP contribution in [0.3, 0.4) is 0 Å². The van der Waals surface area contributed by atoms with Gasteiger partial charge in [-0.3, -0.25) is 10.00 Å². The van der Waals surface area contributed by atoms with Crippen molar-refractivity contribution in [1.82, 2.24) is 15.1 Å². The van der Waals surface area contributed by atoms with Crippen LogP contribution in [0.25, 0.3) is 22.4 Å². The number of hydrogen-bond acceptors (Lipinski definition) is 5. The first-order chi connectivity index (χ1) is 12.6. The van der Waals surface area contributed by atoms with Gasteiger partial charge in [-0.15, -0.1) is 6.58 Å². The molecule has 4 rings (SSSR count). The van der Waals surface area contributed by atoms with Crippen molar-refractivity contribution < 1.29 is 12.8 Å². The third-order valence-corrected chi connectivity index (χ3v) is 6.60. The van der Waals surface area contributed by atoms with Crippen molar-refractivity contribution in [3.63, 3.8) is 0 Å². The van der Waals surface area contributed by atoms with E-state index in [1.807, 2.05) is 36.4 Å². The maximum Gasteiger partial charge on any atom is 0.153 e. The molecule has 6 nitrogen and oxygen atoms in total. The van der Waals surface area contributed by atoms with E-state index >= 15 is 0 Å². The summed E-state index contributed by atoms with van der Waals surface area (Å²) in [6.45, 7) is 5.04. The molecule has 0 saturated carbocycles. The van der Waals surface area contributed by atoms with E-state index in [0.29, 0.717) is 19.5 Å². The van der Waals surface area contributed by atoms with Crippen molar-refractivity contribution in [3.05, 3.63) is 54.7 Å². The first-order valence-corrected chi connectivity index (χ1v) is 10.4. The van der Waals surface area contributed by atoms with Gasteiger partial charge in [0.05, 0.1) is 17.7 Å². The van der Waals surface area contributed by atoms with Crippen LogP contribution in [0.2, 0.25) is 0 Å². The van der Waals surface area contributed by atoms with E-state index in [9.17, 15) is 8.42 Å². The van der Waals surface area contributed by atoms with Crippen molar-refractivity contribution in [2.24, 2.45) is 0 Å². The SMILES string of the molecule is C=CCN(Cc1cn[nH]c1-c1cc2ccccc2o1)C1CCS(=O)(=O)C1. The lowest BCUT2D eigenvalue weighted by Gasteiger charge is -2.26. The molecular weight excluding hydrogens is 350 g/mol. The first-order valence-electron chi connectivity index (χ1n) is 8.62. The van der Waals surface area contributed by atoms with E-state index in [0.717, 1.165) is 28.0 Å². The fourth-order valence-corrected chi connectivity index (χ4v) is 5.30.